The number of anilines is 2. The lowest BCUT2D eigenvalue weighted by Gasteiger charge is -2.09. The number of benzene rings is 3. The summed E-state index contributed by atoms with van der Waals surface area (Å²) in [7, 11) is 0. The van der Waals surface area contributed by atoms with E-state index < -0.39 is 6.03 Å². The highest BCUT2D eigenvalue weighted by Crippen LogP contribution is 2.31. The van der Waals surface area contributed by atoms with E-state index in [2.05, 4.69) is 34.7 Å². The molecule has 3 aromatic carbocycles. The Morgan fingerprint density at radius 3 is 2.54 bits per heavy atom. The van der Waals surface area contributed by atoms with Gasteiger partial charge in [0.1, 0.15) is 5.01 Å². The van der Waals surface area contributed by atoms with Crippen LogP contribution in [0.5, 0.6) is 0 Å². The van der Waals surface area contributed by atoms with Gasteiger partial charge in [-0.25, -0.2) is 9.78 Å². The number of hydrogen-bond acceptors (Lipinski definition) is 3. The zero-order valence-electron chi connectivity index (χ0n) is 14.8. The van der Waals surface area contributed by atoms with Gasteiger partial charge in [0.05, 0.1) is 20.9 Å². The van der Waals surface area contributed by atoms with E-state index in [0.29, 0.717) is 21.4 Å². The zero-order valence-corrected chi connectivity index (χ0v) is 17.1. The number of aromatic nitrogens is 1. The largest absolute Gasteiger partial charge is 0.323 e. The van der Waals surface area contributed by atoms with Crippen LogP contribution in [0.1, 0.15) is 5.56 Å². The monoisotopic (exact) mass is 427 g/mol. The Bertz CT molecular complexity index is 1170. The fourth-order valence-electron chi connectivity index (χ4n) is 2.73. The van der Waals surface area contributed by atoms with Gasteiger partial charge in [0.2, 0.25) is 0 Å². The molecule has 1 aromatic heterocycles. The summed E-state index contributed by atoms with van der Waals surface area (Å²) in [5.74, 6) is 0. The summed E-state index contributed by atoms with van der Waals surface area (Å²) in [6.45, 7) is 2.07. The molecule has 28 heavy (non-hydrogen) atoms. The molecule has 0 unspecified atom stereocenters. The molecule has 0 saturated heterocycles. The van der Waals surface area contributed by atoms with Crippen molar-refractivity contribution in [3.63, 3.8) is 0 Å². The summed E-state index contributed by atoms with van der Waals surface area (Å²) in [5.41, 5.74) is 4.32. The van der Waals surface area contributed by atoms with E-state index in [-0.39, 0.29) is 0 Å². The van der Waals surface area contributed by atoms with Gasteiger partial charge in [-0.1, -0.05) is 29.3 Å². The van der Waals surface area contributed by atoms with Crippen molar-refractivity contribution in [2.45, 2.75) is 6.92 Å². The molecule has 0 bridgehead atoms. The molecule has 4 rings (SSSR count). The van der Waals surface area contributed by atoms with E-state index in [1.165, 1.54) is 5.56 Å². The number of fused-ring (bicyclic) bond motifs is 1. The van der Waals surface area contributed by atoms with Crippen LogP contribution in [0.15, 0.2) is 60.7 Å². The van der Waals surface area contributed by atoms with Gasteiger partial charge in [0, 0.05) is 16.3 Å². The first-order valence-electron chi connectivity index (χ1n) is 8.48. The van der Waals surface area contributed by atoms with Crippen molar-refractivity contribution in [2.24, 2.45) is 0 Å². The van der Waals surface area contributed by atoms with Gasteiger partial charge >= 0.3 is 6.03 Å². The SMILES string of the molecule is Cc1ccc2nc(-c3ccc(NC(=O)Nc4cc(Cl)ccc4Cl)cc3)sc2c1. The van der Waals surface area contributed by atoms with Crippen molar-refractivity contribution in [1.29, 1.82) is 0 Å². The highest BCUT2D eigenvalue weighted by atomic mass is 35.5. The van der Waals surface area contributed by atoms with Crippen LogP contribution in [-0.2, 0) is 0 Å². The van der Waals surface area contributed by atoms with Gasteiger partial charge in [0.15, 0.2) is 0 Å². The fourth-order valence-corrected chi connectivity index (χ4v) is 4.14. The number of aryl methyl sites for hydroxylation is 1. The summed E-state index contributed by atoms with van der Waals surface area (Å²) in [5, 5.41) is 7.33. The van der Waals surface area contributed by atoms with Crippen LogP contribution in [-0.4, -0.2) is 11.0 Å². The third kappa shape index (κ3) is 4.12. The number of halogens is 2. The second kappa shape index (κ2) is 7.80. The number of hydrogen-bond donors (Lipinski definition) is 2. The third-order valence-corrected chi connectivity index (χ3v) is 5.74. The Kier molecular flexibility index (Phi) is 5.22. The molecule has 4 nitrogen and oxygen atoms in total. The Hall–Kier alpha value is -2.60. The predicted octanol–water partition coefficient (Wildman–Crippen LogP) is 7.22. The van der Waals surface area contributed by atoms with Gasteiger partial charge in [-0.2, -0.15) is 0 Å². The molecule has 0 aliphatic rings. The van der Waals surface area contributed by atoms with E-state index >= 15 is 0 Å². The molecule has 0 radical (unpaired) electrons. The first-order chi connectivity index (χ1) is 13.5. The molecule has 140 valence electrons. The van der Waals surface area contributed by atoms with Gasteiger partial charge in [-0.05, 0) is 67.1 Å². The fraction of sp³-hybridized carbons (Fsp3) is 0.0476. The standard InChI is InChI=1S/C21H15Cl2N3OS/c1-12-2-9-17-19(10-12)28-20(25-17)13-3-6-15(7-4-13)24-21(27)26-18-11-14(22)5-8-16(18)23/h2-11H,1H3,(H2,24,26,27). The van der Waals surface area contributed by atoms with Gasteiger partial charge < -0.3 is 10.6 Å². The zero-order chi connectivity index (χ0) is 19.7. The van der Waals surface area contributed by atoms with Crippen molar-refractivity contribution in [3.8, 4) is 10.6 Å². The number of thiazole rings is 1. The highest BCUT2D eigenvalue weighted by molar-refractivity contribution is 7.21. The molecule has 0 saturated carbocycles. The minimum absolute atomic E-state index is 0.396. The molecule has 4 aromatic rings. The van der Waals surface area contributed by atoms with Crippen LogP contribution in [0.3, 0.4) is 0 Å². The van der Waals surface area contributed by atoms with Crippen LogP contribution in [0.2, 0.25) is 10.0 Å². The van der Waals surface area contributed by atoms with E-state index in [1.54, 1.807) is 29.5 Å². The number of urea groups is 1. The normalized spacial score (nSPS) is 10.8. The predicted molar refractivity (Wildman–Crippen MR) is 119 cm³/mol. The molecule has 0 atom stereocenters. The minimum atomic E-state index is -0.396. The van der Waals surface area contributed by atoms with Crippen LogP contribution in [0.25, 0.3) is 20.8 Å². The quantitative estimate of drug-likeness (QED) is 0.362. The minimum Gasteiger partial charge on any atom is -0.308 e. The molecule has 0 aliphatic carbocycles. The van der Waals surface area contributed by atoms with Crippen LogP contribution >= 0.6 is 34.5 Å². The van der Waals surface area contributed by atoms with E-state index in [9.17, 15) is 4.79 Å². The highest BCUT2D eigenvalue weighted by Gasteiger charge is 2.09. The first kappa shape index (κ1) is 18.7. The lowest BCUT2D eigenvalue weighted by molar-refractivity contribution is 0.262. The van der Waals surface area contributed by atoms with Crippen molar-refractivity contribution in [1.82, 2.24) is 4.98 Å². The number of carbonyl (C=O) groups excluding carboxylic acids is 1. The second-order valence-electron chi connectivity index (χ2n) is 6.27. The third-order valence-electron chi connectivity index (χ3n) is 4.11. The molecule has 0 fully saturated rings. The topological polar surface area (TPSA) is 54.0 Å². The lowest BCUT2D eigenvalue weighted by Crippen LogP contribution is -2.19. The number of amides is 2. The second-order valence-corrected chi connectivity index (χ2v) is 8.15. The summed E-state index contributed by atoms with van der Waals surface area (Å²) >= 11 is 13.7. The van der Waals surface area contributed by atoms with E-state index in [1.807, 2.05) is 30.3 Å². The van der Waals surface area contributed by atoms with E-state index in [0.717, 1.165) is 20.8 Å². The summed E-state index contributed by atoms with van der Waals surface area (Å²) in [6.07, 6.45) is 0. The summed E-state index contributed by atoms with van der Waals surface area (Å²) in [6, 6.07) is 18.3. The molecule has 1 heterocycles. The van der Waals surface area contributed by atoms with E-state index in [4.69, 9.17) is 23.2 Å². The van der Waals surface area contributed by atoms with Gasteiger partial charge in [-0.3, -0.25) is 0 Å². The van der Waals surface area contributed by atoms with Crippen LogP contribution in [0, 0.1) is 6.92 Å². The average Bonchev–Trinajstić information content (AvgIpc) is 3.08. The van der Waals surface area contributed by atoms with Gasteiger partial charge in [-0.15, -0.1) is 11.3 Å². The Labute approximate surface area is 176 Å². The molecule has 2 N–H and O–H groups in total. The molecular formula is C21H15Cl2N3OS. The Morgan fingerprint density at radius 1 is 0.964 bits per heavy atom. The number of rotatable bonds is 3. The Balaban J connectivity index is 1.48. The maximum Gasteiger partial charge on any atom is 0.323 e. The smallest absolute Gasteiger partial charge is 0.308 e. The van der Waals surface area contributed by atoms with Crippen molar-refractivity contribution < 1.29 is 4.79 Å². The average molecular weight is 428 g/mol. The lowest BCUT2D eigenvalue weighted by atomic mass is 10.2. The summed E-state index contributed by atoms with van der Waals surface area (Å²) < 4.78 is 1.16. The number of nitrogens with one attached hydrogen (secondary N) is 2. The number of carbonyl (C=O) groups is 1. The number of nitrogens with zero attached hydrogens (tertiary/aromatic N) is 1. The van der Waals surface area contributed by atoms with Crippen molar-refractivity contribution >= 4 is 62.2 Å². The Morgan fingerprint density at radius 2 is 1.75 bits per heavy atom. The van der Waals surface area contributed by atoms with Gasteiger partial charge in [0.25, 0.3) is 0 Å². The molecule has 0 aliphatic heterocycles. The van der Waals surface area contributed by atoms with Crippen LogP contribution < -0.4 is 10.6 Å². The first-order valence-corrected chi connectivity index (χ1v) is 10.1. The maximum absolute atomic E-state index is 12.2. The maximum atomic E-state index is 12.2. The van der Waals surface area contributed by atoms with Crippen LogP contribution in [0.4, 0.5) is 16.2 Å². The molecule has 0 spiro atoms. The van der Waals surface area contributed by atoms with Crippen molar-refractivity contribution in [2.75, 3.05) is 10.6 Å². The molecule has 7 heteroatoms. The van der Waals surface area contributed by atoms with Crippen molar-refractivity contribution in [3.05, 3.63) is 76.3 Å². The molecular weight excluding hydrogens is 413 g/mol. The summed E-state index contributed by atoms with van der Waals surface area (Å²) in [4.78, 5) is 16.9. The molecule has 2 amide bonds.